The smallest absolute Gasteiger partial charge is 0.196 e. The summed E-state index contributed by atoms with van der Waals surface area (Å²) in [5.41, 5.74) is -2.07. The zero-order valence-electron chi connectivity index (χ0n) is 19.2. The van der Waals surface area contributed by atoms with E-state index < -0.39 is 35.1 Å². The predicted molar refractivity (Wildman–Crippen MR) is 112 cm³/mol. The number of ether oxygens (including phenoxy) is 4. The number of rotatable bonds is 8. The minimum absolute atomic E-state index is 0.00771. The van der Waals surface area contributed by atoms with Crippen molar-refractivity contribution in [2.45, 2.75) is 95.8 Å². The minimum Gasteiger partial charge on any atom is -0.386 e. The highest BCUT2D eigenvalue weighted by Gasteiger charge is 2.72. The van der Waals surface area contributed by atoms with Crippen molar-refractivity contribution >= 4 is 0 Å². The molecule has 2 saturated heterocycles. The topological polar surface area (TPSA) is 97.6 Å². The molecule has 174 valence electrons. The van der Waals surface area contributed by atoms with Gasteiger partial charge in [0, 0.05) is 18.9 Å². The van der Waals surface area contributed by atoms with E-state index in [1.54, 1.807) is 7.11 Å². The van der Waals surface area contributed by atoms with Crippen molar-refractivity contribution in [3.05, 3.63) is 12.7 Å². The van der Waals surface area contributed by atoms with Gasteiger partial charge in [-0.3, -0.25) is 0 Å². The molecular formula is C23H40O7. The maximum atomic E-state index is 11.8. The molecule has 30 heavy (non-hydrogen) atoms. The van der Waals surface area contributed by atoms with Gasteiger partial charge in [0.15, 0.2) is 5.79 Å². The van der Waals surface area contributed by atoms with Gasteiger partial charge < -0.3 is 34.3 Å². The standard InChI is InChI=1S/C23H40O7/c1-8-17(24)19(29-13(2)3)15-11-23(26)22(25)10-9-16(21(22,5)6)20(28-12-27-7)18(30-23)14(15)4/h8,13-20,24-26H,1,9-12H2,2-7H3/t14-,15+,16-,17-,18-,19+,20-,22+,23+/m1/s1. The molecule has 7 nitrogen and oxygen atoms in total. The van der Waals surface area contributed by atoms with E-state index in [1.165, 1.54) is 6.08 Å². The van der Waals surface area contributed by atoms with Crippen LogP contribution in [-0.4, -0.2) is 71.1 Å². The molecule has 0 radical (unpaired) electrons. The van der Waals surface area contributed by atoms with E-state index in [4.69, 9.17) is 18.9 Å². The van der Waals surface area contributed by atoms with E-state index in [2.05, 4.69) is 6.58 Å². The largest absolute Gasteiger partial charge is 0.386 e. The molecule has 3 aliphatic rings. The number of methoxy groups -OCH3 is 1. The van der Waals surface area contributed by atoms with Crippen LogP contribution in [0.25, 0.3) is 0 Å². The van der Waals surface area contributed by atoms with Crippen molar-refractivity contribution in [3.63, 3.8) is 0 Å². The third-order valence-corrected chi connectivity index (χ3v) is 8.02. The lowest BCUT2D eigenvalue weighted by Gasteiger charge is -2.54. The van der Waals surface area contributed by atoms with Gasteiger partial charge in [-0.05, 0) is 44.4 Å². The summed E-state index contributed by atoms with van der Waals surface area (Å²) in [4.78, 5) is 0. The van der Waals surface area contributed by atoms with Crippen molar-refractivity contribution < 1.29 is 34.3 Å². The van der Waals surface area contributed by atoms with Crippen LogP contribution in [0.1, 0.15) is 53.9 Å². The Kier molecular flexibility index (Phi) is 6.77. The Bertz CT molecular complexity index is 623. The molecule has 0 spiro atoms. The molecule has 0 amide bonds. The molecule has 0 aromatic carbocycles. The molecular weight excluding hydrogens is 388 g/mol. The van der Waals surface area contributed by atoms with Crippen LogP contribution in [-0.2, 0) is 18.9 Å². The predicted octanol–water partition coefficient (Wildman–Crippen LogP) is 2.23. The van der Waals surface area contributed by atoms with Crippen LogP contribution in [0, 0.1) is 23.2 Å². The number of fused-ring (bicyclic) bond motifs is 5. The number of hydrogen-bond acceptors (Lipinski definition) is 7. The van der Waals surface area contributed by atoms with Crippen molar-refractivity contribution in [1.29, 1.82) is 0 Å². The third-order valence-electron chi connectivity index (χ3n) is 8.02. The molecule has 2 aliphatic heterocycles. The molecule has 0 unspecified atom stereocenters. The highest BCUT2D eigenvalue weighted by molar-refractivity contribution is 5.18. The van der Waals surface area contributed by atoms with Crippen molar-refractivity contribution in [2.24, 2.45) is 23.2 Å². The summed E-state index contributed by atoms with van der Waals surface area (Å²) in [5.74, 6) is -2.13. The van der Waals surface area contributed by atoms with Crippen LogP contribution < -0.4 is 0 Å². The first kappa shape index (κ1) is 24.1. The summed E-state index contributed by atoms with van der Waals surface area (Å²) in [7, 11) is 1.57. The lowest BCUT2D eigenvalue weighted by atomic mass is 9.66. The Morgan fingerprint density at radius 3 is 2.50 bits per heavy atom. The second-order valence-corrected chi connectivity index (χ2v) is 10.2. The van der Waals surface area contributed by atoms with Crippen LogP contribution in [0.2, 0.25) is 0 Å². The summed E-state index contributed by atoms with van der Waals surface area (Å²) in [6.07, 6.45) is 0.347. The molecule has 3 N–H and O–H groups in total. The maximum Gasteiger partial charge on any atom is 0.196 e. The normalized spacial score (nSPS) is 44.5. The van der Waals surface area contributed by atoms with E-state index >= 15 is 0 Å². The van der Waals surface area contributed by atoms with Gasteiger partial charge in [0.1, 0.15) is 12.4 Å². The van der Waals surface area contributed by atoms with Gasteiger partial charge in [0.2, 0.25) is 0 Å². The lowest BCUT2D eigenvalue weighted by Crippen LogP contribution is -2.66. The fourth-order valence-corrected chi connectivity index (χ4v) is 6.27. The number of aliphatic hydroxyl groups is 3. The van der Waals surface area contributed by atoms with Gasteiger partial charge >= 0.3 is 0 Å². The van der Waals surface area contributed by atoms with Crippen LogP contribution in [0.3, 0.4) is 0 Å². The van der Waals surface area contributed by atoms with Crippen molar-refractivity contribution in [2.75, 3.05) is 13.9 Å². The van der Waals surface area contributed by atoms with Gasteiger partial charge in [-0.1, -0.05) is 26.8 Å². The Hall–Kier alpha value is -0.540. The zero-order valence-corrected chi connectivity index (χ0v) is 19.2. The van der Waals surface area contributed by atoms with Gasteiger partial charge in [0.25, 0.3) is 0 Å². The summed E-state index contributed by atoms with van der Waals surface area (Å²) >= 11 is 0. The molecule has 0 aromatic rings. The van der Waals surface area contributed by atoms with Gasteiger partial charge in [-0.15, -0.1) is 6.58 Å². The highest BCUT2D eigenvalue weighted by atomic mass is 16.7. The van der Waals surface area contributed by atoms with Crippen LogP contribution in [0.4, 0.5) is 0 Å². The molecule has 3 rings (SSSR count). The zero-order chi connectivity index (χ0) is 22.5. The second kappa shape index (κ2) is 8.43. The van der Waals surface area contributed by atoms with Crippen LogP contribution >= 0.6 is 0 Å². The van der Waals surface area contributed by atoms with E-state index in [0.717, 1.165) is 6.42 Å². The first-order valence-electron chi connectivity index (χ1n) is 11.1. The molecule has 1 saturated carbocycles. The van der Waals surface area contributed by atoms with Crippen LogP contribution in [0.15, 0.2) is 12.7 Å². The van der Waals surface area contributed by atoms with Gasteiger partial charge in [-0.25, -0.2) is 0 Å². The molecule has 0 aromatic heterocycles. The Morgan fingerprint density at radius 1 is 1.27 bits per heavy atom. The number of hydrogen-bond donors (Lipinski definition) is 3. The van der Waals surface area contributed by atoms with Gasteiger partial charge in [0.05, 0.1) is 30.5 Å². The quantitative estimate of drug-likeness (QED) is 0.403. The van der Waals surface area contributed by atoms with E-state index in [0.29, 0.717) is 6.42 Å². The molecule has 3 fully saturated rings. The minimum atomic E-state index is -1.77. The summed E-state index contributed by atoms with van der Waals surface area (Å²) < 4.78 is 23.7. The molecule has 4 bridgehead atoms. The third kappa shape index (κ3) is 3.56. The van der Waals surface area contributed by atoms with E-state index in [9.17, 15) is 15.3 Å². The average molecular weight is 429 g/mol. The Balaban J connectivity index is 2.08. The molecule has 7 heteroatoms. The van der Waals surface area contributed by atoms with Gasteiger partial charge in [-0.2, -0.15) is 0 Å². The molecule has 2 heterocycles. The Labute approximate surface area is 180 Å². The molecule has 9 atom stereocenters. The first-order chi connectivity index (χ1) is 13.9. The second-order valence-electron chi connectivity index (χ2n) is 10.2. The monoisotopic (exact) mass is 428 g/mol. The van der Waals surface area contributed by atoms with E-state index in [1.807, 2.05) is 34.6 Å². The summed E-state index contributed by atoms with van der Waals surface area (Å²) in [5, 5.41) is 34.3. The van der Waals surface area contributed by atoms with E-state index in [-0.39, 0.29) is 43.2 Å². The summed E-state index contributed by atoms with van der Waals surface area (Å²) in [6, 6.07) is 0. The SMILES string of the molecule is C=C[C@@H](O)[C@@H](OC(C)C)[C@H]1C[C@]2(O)O[C@H]([C@@H]1C)[C@H](OCOC)[C@H]1CC[C@]2(O)C1(C)C. The molecule has 1 aliphatic carbocycles. The van der Waals surface area contributed by atoms with Crippen molar-refractivity contribution in [3.8, 4) is 0 Å². The van der Waals surface area contributed by atoms with Crippen molar-refractivity contribution in [1.82, 2.24) is 0 Å². The fraction of sp³-hybridized carbons (Fsp3) is 0.913. The fourth-order valence-electron chi connectivity index (χ4n) is 6.27. The average Bonchev–Trinajstić information content (AvgIpc) is 2.90. The van der Waals surface area contributed by atoms with Crippen LogP contribution in [0.5, 0.6) is 0 Å². The first-order valence-corrected chi connectivity index (χ1v) is 11.1. The summed E-state index contributed by atoms with van der Waals surface area (Å²) in [6.45, 7) is 13.7. The maximum absolute atomic E-state index is 11.8. The lowest BCUT2D eigenvalue weighted by molar-refractivity contribution is -0.371. The Morgan fingerprint density at radius 2 is 1.93 bits per heavy atom. The highest BCUT2D eigenvalue weighted by Crippen LogP contribution is 2.63. The number of aliphatic hydroxyl groups excluding tert-OH is 1.